The van der Waals surface area contributed by atoms with E-state index in [1.807, 2.05) is 55.9 Å². The van der Waals surface area contributed by atoms with Gasteiger partial charge in [-0.1, -0.05) is 23.4 Å². The molecule has 0 spiro atoms. The standard InChI is InChI=1S/C23H26N6O3/c1-14-18(15(2)32-26-14)13-29-23(31)28-11-10-16(8-9-21(28)25-29)24-22(30)19-12-27(3)20-7-5-4-6-17(19)20/h4-7,12,16H,8-11,13H2,1-3H3,(H,24,30). The number of fused-ring (bicyclic) bond motifs is 2. The Bertz CT molecular complexity index is 1350. The molecule has 1 unspecified atom stereocenters. The van der Waals surface area contributed by atoms with Crippen molar-refractivity contribution in [1.29, 1.82) is 0 Å². The van der Waals surface area contributed by atoms with Crippen LogP contribution in [-0.2, 0) is 26.6 Å². The topological polar surface area (TPSA) is 99.9 Å². The molecule has 0 fully saturated rings. The minimum atomic E-state index is -0.138. The number of nitrogens with one attached hydrogen (secondary N) is 1. The number of aromatic nitrogens is 5. The zero-order chi connectivity index (χ0) is 22.4. The summed E-state index contributed by atoms with van der Waals surface area (Å²) in [4.78, 5) is 25.9. The van der Waals surface area contributed by atoms with Gasteiger partial charge in [0.2, 0.25) is 0 Å². The van der Waals surface area contributed by atoms with Gasteiger partial charge >= 0.3 is 5.69 Å². The maximum absolute atomic E-state index is 13.0. The van der Waals surface area contributed by atoms with Gasteiger partial charge in [0.1, 0.15) is 11.6 Å². The zero-order valence-electron chi connectivity index (χ0n) is 18.5. The molecule has 1 N–H and O–H groups in total. The third kappa shape index (κ3) is 3.43. The van der Waals surface area contributed by atoms with Crippen molar-refractivity contribution in [1.82, 2.24) is 29.4 Å². The van der Waals surface area contributed by atoms with Crippen molar-refractivity contribution in [3.8, 4) is 0 Å². The second-order valence-electron chi connectivity index (χ2n) is 8.48. The van der Waals surface area contributed by atoms with Crippen LogP contribution in [0.3, 0.4) is 0 Å². The molecule has 5 rings (SSSR count). The Kier molecular flexibility index (Phi) is 4.96. The fourth-order valence-corrected chi connectivity index (χ4v) is 4.54. The van der Waals surface area contributed by atoms with Crippen LogP contribution in [0, 0.1) is 13.8 Å². The maximum atomic E-state index is 13.0. The van der Waals surface area contributed by atoms with Gasteiger partial charge in [0.25, 0.3) is 5.91 Å². The predicted octanol–water partition coefficient (Wildman–Crippen LogP) is 2.32. The van der Waals surface area contributed by atoms with Gasteiger partial charge in [0.15, 0.2) is 0 Å². The predicted molar refractivity (Wildman–Crippen MR) is 119 cm³/mol. The molecule has 1 amide bonds. The monoisotopic (exact) mass is 434 g/mol. The second-order valence-corrected chi connectivity index (χ2v) is 8.48. The summed E-state index contributed by atoms with van der Waals surface area (Å²) >= 11 is 0. The molecule has 4 aromatic rings. The van der Waals surface area contributed by atoms with Gasteiger partial charge in [-0.05, 0) is 32.8 Å². The van der Waals surface area contributed by atoms with Crippen LogP contribution in [0.1, 0.15) is 46.0 Å². The highest BCUT2D eigenvalue weighted by atomic mass is 16.5. The second kappa shape index (κ2) is 7.81. The fraction of sp³-hybridized carbons (Fsp3) is 0.391. The number of amides is 1. The lowest BCUT2D eigenvalue weighted by Crippen LogP contribution is -2.35. The van der Waals surface area contributed by atoms with Crippen LogP contribution in [0.25, 0.3) is 10.9 Å². The molecule has 9 nitrogen and oxygen atoms in total. The van der Waals surface area contributed by atoms with Crippen LogP contribution < -0.4 is 11.0 Å². The van der Waals surface area contributed by atoms with E-state index in [4.69, 9.17) is 4.52 Å². The van der Waals surface area contributed by atoms with E-state index in [2.05, 4.69) is 15.6 Å². The van der Waals surface area contributed by atoms with Gasteiger partial charge in [-0.3, -0.25) is 9.36 Å². The lowest BCUT2D eigenvalue weighted by molar-refractivity contribution is 0.0934. The van der Waals surface area contributed by atoms with E-state index < -0.39 is 0 Å². The molecular formula is C23H26N6O3. The Labute approximate surface area is 184 Å². The SMILES string of the molecule is Cc1noc(C)c1Cn1nc2n(c1=O)CCC(NC(=O)c1cn(C)c3ccccc13)CC2. The minimum Gasteiger partial charge on any atom is -0.361 e. The molecule has 1 aliphatic rings. The molecule has 1 aromatic carbocycles. The number of benzene rings is 1. The van der Waals surface area contributed by atoms with E-state index in [1.165, 1.54) is 4.68 Å². The summed E-state index contributed by atoms with van der Waals surface area (Å²) in [7, 11) is 1.94. The first kappa shape index (κ1) is 20.3. The Balaban J connectivity index is 1.30. The number of rotatable bonds is 4. The van der Waals surface area contributed by atoms with E-state index >= 15 is 0 Å². The summed E-state index contributed by atoms with van der Waals surface area (Å²) in [6, 6.07) is 7.87. The normalized spacial score (nSPS) is 16.2. The number of aryl methyl sites for hydroxylation is 4. The van der Waals surface area contributed by atoms with Crippen LogP contribution in [0.15, 0.2) is 39.8 Å². The van der Waals surface area contributed by atoms with Gasteiger partial charge in [0, 0.05) is 48.7 Å². The number of para-hydroxylation sites is 1. The van der Waals surface area contributed by atoms with Gasteiger partial charge in [0.05, 0.1) is 17.8 Å². The van der Waals surface area contributed by atoms with Crippen molar-refractivity contribution < 1.29 is 9.32 Å². The first-order valence-electron chi connectivity index (χ1n) is 10.9. The van der Waals surface area contributed by atoms with E-state index in [1.54, 1.807) is 4.57 Å². The molecule has 0 bridgehead atoms. The molecule has 166 valence electrons. The van der Waals surface area contributed by atoms with Gasteiger partial charge in [-0.15, -0.1) is 0 Å². The smallest absolute Gasteiger partial charge is 0.346 e. The molecule has 32 heavy (non-hydrogen) atoms. The Morgan fingerprint density at radius 3 is 2.84 bits per heavy atom. The highest BCUT2D eigenvalue weighted by Gasteiger charge is 2.24. The zero-order valence-corrected chi connectivity index (χ0v) is 18.5. The summed E-state index contributed by atoms with van der Waals surface area (Å²) in [5, 5.41) is 12.6. The summed E-state index contributed by atoms with van der Waals surface area (Å²) < 4.78 is 10.4. The first-order valence-corrected chi connectivity index (χ1v) is 10.9. The summed E-state index contributed by atoms with van der Waals surface area (Å²) in [6.45, 7) is 4.57. The molecule has 4 heterocycles. The van der Waals surface area contributed by atoms with E-state index in [9.17, 15) is 9.59 Å². The summed E-state index contributed by atoms with van der Waals surface area (Å²) in [6.07, 6.45) is 3.91. The maximum Gasteiger partial charge on any atom is 0.346 e. The Morgan fingerprint density at radius 1 is 1.25 bits per heavy atom. The molecular weight excluding hydrogens is 408 g/mol. The molecule has 9 heteroatoms. The van der Waals surface area contributed by atoms with Crippen LogP contribution in [0.2, 0.25) is 0 Å². The lowest BCUT2D eigenvalue weighted by Gasteiger charge is -2.15. The van der Waals surface area contributed by atoms with Crippen molar-refractivity contribution >= 4 is 16.8 Å². The van der Waals surface area contributed by atoms with Crippen molar-refractivity contribution in [3.05, 3.63) is 69.4 Å². The first-order chi connectivity index (χ1) is 15.4. The third-order valence-corrected chi connectivity index (χ3v) is 6.38. The molecule has 0 saturated heterocycles. The largest absolute Gasteiger partial charge is 0.361 e. The quantitative estimate of drug-likeness (QED) is 0.531. The molecule has 1 aliphatic heterocycles. The van der Waals surface area contributed by atoms with Crippen LogP contribution >= 0.6 is 0 Å². The fourth-order valence-electron chi connectivity index (χ4n) is 4.54. The van der Waals surface area contributed by atoms with E-state index in [-0.39, 0.29) is 17.6 Å². The minimum absolute atomic E-state index is 0.0152. The number of hydrogen-bond donors (Lipinski definition) is 1. The number of hydrogen-bond acceptors (Lipinski definition) is 5. The van der Waals surface area contributed by atoms with E-state index in [0.29, 0.717) is 37.3 Å². The summed E-state index contributed by atoms with van der Waals surface area (Å²) in [5.41, 5.74) is 3.22. The lowest BCUT2D eigenvalue weighted by atomic mass is 10.1. The Hall–Kier alpha value is -3.62. The van der Waals surface area contributed by atoms with Gasteiger partial charge < -0.3 is 14.4 Å². The molecule has 3 aromatic heterocycles. The third-order valence-electron chi connectivity index (χ3n) is 6.38. The van der Waals surface area contributed by atoms with Gasteiger partial charge in [-0.2, -0.15) is 5.10 Å². The highest BCUT2D eigenvalue weighted by Crippen LogP contribution is 2.21. The van der Waals surface area contributed by atoms with Crippen molar-refractivity contribution in [2.45, 2.75) is 52.2 Å². The van der Waals surface area contributed by atoms with Crippen molar-refractivity contribution in [3.63, 3.8) is 0 Å². The number of carbonyl (C=O) groups excluding carboxylic acids is 1. The van der Waals surface area contributed by atoms with Gasteiger partial charge in [-0.25, -0.2) is 9.48 Å². The number of carbonyl (C=O) groups is 1. The van der Waals surface area contributed by atoms with Crippen LogP contribution in [0.4, 0.5) is 0 Å². The highest BCUT2D eigenvalue weighted by molar-refractivity contribution is 6.07. The molecule has 0 saturated carbocycles. The van der Waals surface area contributed by atoms with Crippen LogP contribution in [0.5, 0.6) is 0 Å². The Morgan fingerprint density at radius 2 is 2.06 bits per heavy atom. The average Bonchev–Trinajstić information content (AvgIpc) is 3.33. The van der Waals surface area contributed by atoms with E-state index in [0.717, 1.165) is 34.4 Å². The average molecular weight is 435 g/mol. The van der Waals surface area contributed by atoms with Crippen molar-refractivity contribution in [2.75, 3.05) is 0 Å². The number of nitrogens with zero attached hydrogens (tertiary/aromatic N) is 5. The molecule has 0 radical (unpaired) electrons. The molecule has 0 aliphatic carbocycles. The van der Waals surface area contributed by atoms with Crippen LogP contribution in [-0.4, -0.2) is 36.0 Å². The summed E-state index contributed by atoms with van der Waals surface area (Å²) in [5.74, 6) is 1.37. The molecule has 1 atom stereocenters. The van der Waals surface area contributed by atoms with Crippen molar-refractivity contribution in [2.24, 2.45) is 7.05 Å².